The molecule has 2 aromatic rings. The number of nitrogens with one attached hydrogen (secondary N) is 2. The van der Waals surface area contributed by atoms with E-state index in [2.05, 4.69) is 30.5 Å². The molecular weight excluding hydrogens is 376 g/mol. The highest BCUT2D eigenvalue weighted by Gasteiger charge is 2.32. The summed E-state index contributed by atoms with van der Waals surface area (Å²) in [5.74, 6) is 1.38. The zero-order valence-electron chi connectivity index (χ0n) is 16.2. The number of ether oxygens (including phenoxy) is 2. The molecule has 2 amide bonds. The van der Waals surface area contributed by atoms with Crippen molar-refractivity contribution in [3.05, 3.63) is 46.2 Å². The number of para-hydroxylation sites is 1. The molecule has 28 heavy (non-hydrogen) atoms. The van der Waals surface area contributed by atoms with Crippen molar-refractivity contribution in [3.8, 4) is 11.5 Å². The highest BCUT2D eigenvalue weighted by molar-refractivity contribution is 7.12. The second kappa shape index (κ2) is 9.10. The molecule has 0 bridgehead atoms. The van der Waals surface area contributed by atoms with Crippen molar-refractivity contribution in [2.24, 2.45) is 0 Å². The molecule has 0 saturated carbocycles. The van der Waals surface area contributed by atoms with Crippen LogP contribution in [0.4, 0.5) is 0 Å². The predicted molar refractivity (Wildman–Crippen MR) is 109 cm³/mol. The minimum atomic E-state index is -0.213. The number of fused-ring (bicyclic) bond motifs is 1. The molecule has 0 fully saturated rings. The molecule has 1 aliphatic rings. The van der Waals surface area contributed by atoms with E-state index in [1.807, 2.05) is 23.6 Å². The van der Waals surface area contributed by atoms with Gasteiger partial charge in [0.25, 0.3) is 5.91 Å². The van der Waals surface area contributed by atoms with Crippen LogP contribution < -0.4 is 20.1 Å². The Labute approximate surface area is 169 Å². The van der Waals surface area contributed by atoms with E-state index in [-0.39, 0.29) is 17.4 Å². The summed E-state index contributed by atoms with van der Waals surface area (Å²) in [6, 6.07) is 9.52. The molecule has 0 aliphatic carbocycles. The molecule has 3 rings (SSSR count). The van der Waals surface area contributed by atoms with E-state index >= 15 is 0 Å². The van der Waals surface area contributed by atoms with Crippen molar-refractivity contribution < 1.29 is 19.1 Å². The van der Waals surface area contributed by atoms with Gasteiger partial charge in [-0.2, -0.15) is 0 Å². The van der Waals surface area contributed by atoms with E-state index in [1.165, 1.54) is 11.3 Å². The molecular formula is C21H26N2O4S. The van der Waals surface area contributed by atoms with E-state index in [0.29, 0.717) is 43.2 Å². The SMILES string of the molecule is CC1(C)Cc2cccc(OCCNC(=O)CCCNC(=O)c3cccs3)c2O1. The van der Waals surface area contributed by atoms with Crippen LogP contribution >= 0.6 is 11.3 Å². The van der Waals surface area contributed by atoms with Crippen molar-refractivity contribution in [1.82, 2.24) is 10.6 Å². The predicted octanol–water partition coefficient (Wildman–Crippen LogP) is 3.17. The van der Waals surface area contributed by atoms with Crippen LogP contribution in [0.15, 0.2) is 35.7 Å². The van der Waals surface area contributed by atoms with Gasteiger partial charge in [-0.05, 0) is 37.8 Å². The van der Waals surface area contributed by atoms with Gasteiger partial charge in [0.05, 0.1) is 11.4 Å². The highest BCUT2D eigenvalue weighted by atomic mass is 32.1. The van der Waals surface area contributed by atoms with Crippen molar-refractivity contribution >= 4 is 23.2 Å². The van der Waals surface area contributed by atoms with Crippen molar-refractivity contribution in [2.75, 3.05) is 19.7 Å². The lowest BCUT2D eigenvalue weighted by Gasteiger charge is -2.18. The normalized spacial score (nSPS) is 14.1. The molecule has 0 atom stereocenters. The third-order valence-corrected chi connectivity index (χ3v) is 5.22. The van der Waals surface area contributed by atoms with E-state index in [9.17, 15) is 9.59 Å². The molecule has 2 heterocycles. The van der Waals surface area contributed by atoms with Crippen LogP contribution in [0, 0.1) is 0 Å². The number of thiophene rings is 1. The van der Waals surface area contributed by atoms with Crippen molar-refractivity contribution in [2.45, 2.75) is 38.7 Å². The summed E-state index contributed by atoms with van der Waals surface area (Å²) in [6.45, 7) is 5.39. The first-order valence-electron chi connectivity index (χ1n) is 9.47. The largest absolute Gasteiger partial charge is 0.488 e. The van der Waals surface area contributed by atoms with Gasteiger partial charge < -0.3 is 20.1 Å². The fourth-order valence-electron chi connectivity index (χ4n) is 3.09. The standard InChI is InChI=1S/C21H26N2O4S/c1-21(2)14-15-6-3-7-16(19(15)27-21)26-12-11-22-18(24)9-4-10-23-20(25)17-8-5-13-28-17/h3,5-8,13H,4,9-12,14H2,1-2H3,(H,22,24)(H,23,25). The van der Waals surface area contributed by atoms with E-state index in [0.717, 1.165) is 17.7 Å². The number of hydrogen-bond acceptors (Lipinski definition) is 5. The third-order valence-electron chi connectivity index (χ3n) is 4.35. The van der Waals surface area contributed by atoms with Crippen LogP contribution in [0.1, 0.15) is 41.9 Å². The van der Waals surface area contributed by atoms with Gasteiger partial charge in [-0.25, -0.2) is 0 Å². The first kappa shape index (κ1) is 20.2. The molecule has 150 valence electrons. The molecule has 0 saturated heterocycles. The average Bonchev–Trinajstić information content (AvgIpc) is 3.28. The fraction of sp³-hybridized carbons (Fsp3) is 0.429. The number of hydrogen-bond donors (Lipinski definition) is 2. The Morgan fingerprint density at radius 3 is 2.82 bits per heavy atom. The summed E-state index contributed by atoms with van der Waals surface area (Å²) < 4.78 is 11.8. The Bertz CT molecular complexity index is 818. The Kier molecular flexibility index (Phi) is 6.57. The van der Waals surface area contributed by atoms with Gasteiger partial charge in [-0.15, -0.1) is 11.3 Å². The monoisotopic (exact) mass is 402 g/mol. The van der Waals surface area contributed by atoms with Crippen LogP contribution in [-0.4, -0.2) is 37.1 Å². The molecule has 0 unspecified atom stereocenters. The zero-order valence-corrected chi connectivity index (χ0v) is 17.1. The van der Waals surface area contributed by atoms with Gasteiger partial charge in [-0.3, -0.25) is 9.59 Å². The summed E-state index contributed by atoms with van der Waals surface area (Å²) in [6.07, 6.45) is 1.82. The zero-order chi connectivity index (χ0) is 20.0. The number of carbonyl (C=O) groups excluding carboxylic acids is 2. The average molecular weight is 403 g/mol. The lowest BCUT2D eigenvalue weighted by molar-refractivity contribution is -0.121. The van der Waals surface area contributed by atoms with Gasteiger partial charge in [0, 0.05) is 24.9 Å². The minimum Gasteiger partial charge on any atom is -0.488 e. The summed E-state index contributed by atoms with van der Waals surface area (Å²) in [7, 11) is 0. The molecule has 0 radical (unpaired) electrons. The quantitative estimate of drug-likeness (QED) is 0.632. The smallest absolute Gasteiger partial charge is 0.261 e. The maximum absolute atomic E-state index is 11.9. The number of rotatable bonds is 9. The number of carbonyl (C=O) groups is 2. The Hall–Kier alpha value is -2.54. The van der Waals surface area contributed by atoms with Gasteiger partial charge in [-0.1, -0.05) is 18.2 Å². The molecule has 2 N–H and O–H groups in total. The summed E-state index contributed by atoms with van der Waals surface area (Å²) in [4.78, 5) is 24.4. The summed E-state index contributed by atoms with van der Waals surface area (Å²) in [5.41, 5.74) is 0.936. The van der Waals surface area contributed by atoms with E-state index in [1.54, 1.807) is 6.07 Å². The first-order chi connectivity index (χ1) is 13.4. The minimum absolute atomic E-state index is 0.0513. The van der Waals surface area contributed by atoms with Crippen LogP contribution in [0.3, 0.4) is 0 Å². The van der Waals surface area contributed by atoms with Crippen LogP contribution in [0.5, 0.6) is 11.5 Å². The number of benzene rings is 1. The Balaban J connectivity index is 1.30. The topological polar surface area (TPSA) is 76.7 Å². The molecule has 1 aromatic heterocycles. The van der Waals surface area contributed by atoms with Crippen LogP contribution in [0.2, 0.25) is 0 Å². The maximum atomic E-state index is 11.9. The Morgan fingerprint density at radius 2 is 2.04 bits per heavy atom. The van der Waals surface area contributed by atoms with Gasteiger partial charge >= 0.3 is 0 Å². The lowest BCUT2D eigenvalue weighted by Crippen LogP contribution is -2.29. The molecule has 1 aromatic carbocycles. The molecule has 7 heteroatoms. The van der Waals surface area contributed by atoms with E-state index < -0.39 is 0 Å². The van der Waals surface area contributed by atoms with E-state index in [4.69, 9.17) is 9.47 Å². The Morgan fingerprint density at radius 1 is 1.18 bits per heavy atom. The van der Waals surface area contributed by atoms with Crippen molar-refractivity contribution in [1.29, 1.82) is 0 Å². The second-order valence-electron chi connectivity index (χ2n) is 7.32. The maximum Gasteiger partial charge on any atom is 0.261 e. The first-order valence-corrected chi connectivity index (χ1v) is 10.3. The van der Waals surface area contributed by atoms with Gasteiger partial charge in [0.2, 0.25) is 5.91 Å². The molecule has 0 spiro atoms. The van der Waals surface area contributed by atoms with Gasteiger partial charge in [0.1, 0.15) is 12.2 Å². The fourth-order valence-corrected chi connectivity index (χ4v) is 3.73. The second-order valence-corrected chi connectivity index (χ2v) is 8.27. The van der Waals surface area contributed by atoms with Crippen LogP contribution in [-0.2, 0) is 11.2 Å². The van der Waals surface area contributed by atoms with Crippen LogP contribution in [0.25, 0.3) is 0 Å². The molecule has 6 nitrogen and oxygen atoms in total. The highest BCUT2D eigenvalue weighted by Crippen LogP contribution is 2.41. The lowest BCUT2D eigenvalue weighted by atomic mass is 10.0. The molecule has 1 aliphatic heterocycles. The third kappa shape index (κ3) is 5.48. The summed E-state index contributed by atoms with van der Waals surface area (Å²) >= 11 is 1.40. The number of amides is 2. The summed E-state index contributed by atoms with van der Waals surface area (Å²) in [5, 5.41) is 7.51. The van der Waals surface area contributed by atoms with Crippen molar-refractivity contribution in [3.63, 3.8) is 0 Å². The van der Waals surface area contributed by atoms with Gasteiger partial charge in [0.15, 0.2) is 11.5 Å².